The van der Waals surface area contributed by atoms with Crippen molar-refractivity contribution in [2.45, 2.75) is 98.2 Å². The van der Waals surface area contributed by atoms with Crippen LogP contribution in [0.3, 0.4) is 0 Å². The van der Waals surface area contributed by atoms with E-state index in [4.69, 9.17) is 41.9 Å². The second-order valence-electron chi connectivity index (χ2n) is 8.79. The molecule has 0 radical (unpaired) electrons. The molecule has 5 unspecified atom stereocenters. The van der Waals surface area contributed by atoms with E-state index in [-0.39, 0.29) is 37.8 Å². The van der Waals surface area contributed by atoms with E-state index in [0.717, 1.165) is 0 Å². The molecule has 17 heteroatoms. The fraction of sp³-hybridized carbons (Fsp3) is 1.00. The zero-order valence-electron chi connectivity index (χ0n) is 18.7. The molecule has 3 rings (SSSR count). The van der Waals surface area contributed by atoms with E-state index < -0.39 is 98.4 Å². The maximum absolute atomic E-state index is 10.9. The molecule has 0 bridgehead atoms. The van der Waals surface area contributed by atoms with Crippen LogP contribution in [-0.4, -0.2) is 141 Å². The molecular formula is C18H38Cl2N4O11. The van der Waals surface area contributed by atoms with E-state index in [1.165, 1.54) is 0 Å². The number of aliphatic hydroxyl groups is 7. The zero-order valence-corrected chi connectivity index (χ0v) is 20.3. The van der Waals surface area contributed by atoms with Gasteiger partial charge in [0.15, 0.2) is 12.6 Å². The second-order valence-corrected chi connectivity index (χ2v) is 8.79. The van der Waals surface area contributed by atoms with Crippen LogP contribution in [0.1, 0.15) is 6.42 Å². The summed E-state index contributed by atoms with van der Waals surface area (Å²) < 4.78 is 22.2. The van der Waals surface area contributed by atoms with E-state index in [1.54, 1.807) is 0 Å². The lowest BCUT2D eigenvalue weighted by Gasteiger charge is -2.48. The second kappa shape index (κ2) is 13.7. The van der Waals surface area contributed by atoms with Gasteiger partial charge in [0.25, 0.3) is 0 Å². The first kappa shape index (κ1) is 33.0. The molecule has 3 fully saturated rings. The van der Waals surface area contributed by atoms with Gasteiger partial charge in [-0.2, -0.15) is 0 Å². The van der Waals surface area contributed by atoms with Crippen molar-refractivity contribution in [1.29, 1.82) is 0 Å². The Morgan fingerprint density at radius 2 is 1.14 bits per heavy atom. The lowest BCUT2D eigenvalue weighted by Crippen LogP contribution is -2.68. The molecule has 15 N–H and O–H groups in total. The normalized spacial score (nSPS) is 50.7. The first-order chi connectivity index (χ1) is 15.5. The van der Waals surface area contributed by atoms with Crippen LogP contribution in [0.25, 0.3) is 0 Å². The van der Waals surface area contributed by atoms with E-state index in [2.05, 4.69) is 0 Å². The Morgan fingerprint density at radius 1 is 0.657 bits per heavy atom. The molecule has 0 amide bonds. The number of aliphatic hydroxyl groups excluding tert-OH is 7. The molecule has 0 aromatic rings. The van der Waals surface area contributed by atoms with Crippen LogP contribution in [0.5, 0.6) is 0 Å². The van der Waals surface area contributed by atoms with Crippen LogP contribution in [0.4, 0.5) is 0 Å². The maximum atomic E-state index is 10.9. The van der Waals surface area contributed by atoms with Gasteiger partial charge in [-0.1, -0.05) is 0 Å². The molecule has 2 aliphatic heterocycles. The highest BCUT2D eigenvalue weighted by Gasteiger charge is 2.51. The standard InChI is InChI=1S/C18H36N4O11.2ClH/c19-2-6-10(25)12(27)13(28)18(30-6)33-16-5(21)1-4(20)15(14(16)29)32-17-11(26)8(22)9(24)7(3-23)31-17;;/h4-18,23-29H,1-3,19-22H2;2*1H/t4?,5?,6-,7-,8+,9-,10-,11-,12+,13-,14?,15?,16?,17-,18-;;/m1../s1. The third kappa shape index (κ3) is 6.71. The van der Waals surface area contributed by atoms with Crippen molar-refractivity contribution in [3.63, 3.8) is 0 Å². The average Bonchev–Trinajstić information content (AvgIpc) is 2.79. The van der Waals surface area contributed by atoms with Crippen LogP contribution < -0.4 is 22.9 Å². The number of nitrogens with two attached hydrogens (primary N) is 4. The van der Waals surface area contributed by atoms with Crippen molar-refractivity contribution >= 4 is 24.8 Å². The number of halogens is 2. The maximum Gasteiger partial charge on any atom is 0.187 e. The van der Waals surface area contributed by atoms with Gasteiger partial charge in [0.05, 0.1) is 12.6 Å². The largest absolute Gasteiger partial charge is 0.394 e. The van der Waals surface area contributed by atoms with Crippen LogP contribution in [0.2, 0.25) is 0 Å². The minimum absolute atomic E-state index is 0. The number of hydrogen-bond donors (Lipinski definition) is 11. The van der Waals surface area contributed by atoms with Gasteiger partial charge in [-0.05, 0) is 6.42 Å². The molecule has 2 heterocycles. The molecule has 0 aromatic heterocycles. The van der Waals surface area contributed by atoms with E-state index in [1.807, 2.05) is 0 Å². The van der Waals surface area contributed by atoms with Crippen molar-refractivity contribution in [2.75, 3.05) is 13.2 Å². The Hall–Kier alpha value is -0.0200. The van der Waals surface area contributed by atoms with Gasteiger partial charge in [-0.3, -0.25) is 0 Å². The highest BCUT2D eigenvalue weighted by atomic mass is 35.5. The first-order valence-corrected chi connectivity index (χ1v) is 10.8. The molecule has 0 aromatic carbocycles. The molecule has 0 spiro atoms. The smallest absolute Gasteiger partial charge is 0.187 e. The third-order valence-electron chi connectivity index (χ3n) is 6.48. The number of rotatable bonds is 6. The van der Waals surface area contributed by atoms with Crippen molar-refractivity contribution in [3.05, 3.63) is 0 Å². The predicted octanol–water partition coefficient (Wildman–Crippen LogP) is -6.45. The molecule has 1 aliphatic carbocycles. The topological polar surface area (TPSA) is 283 Å². The van der Waals surface area contributed by atoms with Gasteiger partial charge in [0, 0.05) is 18.6 Å². The quantitative estimate of drug-likeness (QED) is 0.145. The summed E-state index contributed by atoms with van der Waals surface area (Å²) >= 11 is 0. The summed E-state index contributed by atoms with van der Waals surface area (Å²) in [4.78, 5) is 0. The Balaban J connectivity index is 0.00000306. The van der Waals surface area contributed by atoms with Gasteiger partial charge >= 0.3 is 0 Å². The first-order valence-electron chi connectivity index (χ1n) is 10.8. The van der Waals surface area contributed by atoms with E-state index in [0.29, 0.717) is 0 Å². The average molecular weight is 557 g/mol. The van der Waals surface area contributed by atoms with Crippen molar-refractivity contribution < 1.29 is 54.7 Å². The van der Waals surface area contributed by atoms with Gasteiger partial charge in [0.2, 0.25) is 0 Å². The predicted molar refractivity (Wildman–Crippen MR) is 122 cm³/mol. The Bertz CT molecular complexity index is 595. The molecule has 210 valence electrons. The van der Waals surface area contributed by atoms with Gasteiger partial charge in [-0.15, -0.1) is 24.8 Å². The molecule has 1 saturated carbocycles. The van der Waals surface area contributed by atoms with Gasteiger partial charge < -0.3 is 77.6 Å². The molecule has 2 saturated heterocycles. The summed E-state index contributed by atoms with van der Waals surface area (Å²) in [5, 5.41) is 70.9. The van der Waals surface area contributed by atoms with E-state index >= 15 is 0 Å². The van der Waals surface area contributed by atoms with Crippen LogP contribution in [-0.2, 0) is 18.9 Å². The van der Waals surface area contributed by atoms with Crippen LogP contribution in [0, 0.1) is 0 Å². The highest BCUT2D eigenvalue weighted by molar-refractivity contribution is 5.85. The van der Waals surface area contributed by atoms with Crippen molar-refractivity contribution in [3.8, 4) is 0 Å². The monoisotopic (exact) mass is 556 g/mol. The lowest BCUT2D eigenvalue weighted by atomic mass is 9.84. The lowest BCUT2D eigenvalue weighted by molar-refractivity contribution is -0.332. The third-order valence-corrected chi connectivity index (χ3v) is 6.48. The summed E-state index contributed by atoms with van der Waals surface area (Å²) in [6.07, 6.45) is -16.5. The summed E-state index contributed by atoms with van der Waals surface area (Å²) in [6, 6.07) is -2.86. The van der Waals surface area contributed by atoms with Gasteiger partial charge in [0.1, 0.15) is 61.0 Å². The Morgan fingerprint density at radius 3 is 1.63 bits per heavy atom. The van der Waals surface area contributed by atoms with Crippen molar-refractivity contribution in [1.82, 2.24) is 0 Å². The summed E-state index contributed by atoms with van der Waals surface area (Å²) in [7, 11) is 0. The number of hydrogen-bond acceptors (Lipinski definition) is 15. The highest BCUT2D eigenvalue weighted by Crippen LogP contribution is 2.31. The summed E-state index contributed by atoms with van der Waals surface area (Å²) in [6.45, 7) is -0.763. The number of ether oxygens (including phenoxy) is 4. The van der Waals surface area contributed by atoms with Crippen LogP contribution >= 0.6 is 24.8 Å². The fourth-order valence-corrected chi connectivity index (χ4v) is 4.40. The molecular weight excluding hydrogens is 519 g/mol. The molecule has 35 heavy (non-hydrogen) atoms. The molecule has 15 nitrogen and oxygen atoms in total. The minimum Gasteiger partial charge on any atom is -0.394 e. The molecule has 15 atom stereocenters. The van der Waals surface area contributed by atoms with Crippen LogP contribution in [0.15, 0.2) is 0 Å². The minimum atomic E-state index is -1.66. The fourth-order valence-electron chi connectivity index (χ4n) is 4.40. The zero-order chi connectivity index (χ0) is 24.6. The van der Waals surface area contributed by atoms with E-state index in [9.17, 15) is 35.7 Å². The summed E-state index contributed by atoms with van der Waals surface area (Å²) in [5.74, 6) is 0. The Labute approximate surface area is 214 Å². The Kier molecular flexibility index (Phi) is 12.9. The van der Waals surface area contributed by atoms with Gasteiger partial charge in [-0.25, -0.2) is 0 Å². The molecule has 3 aliphatic rings. The SMILES string of the molecule is Cl.Cl.NC[C@H]1O[C@H](OC2C(N)CC(N)C(O[C@H]3O[C@H](CO)[C@@H](O)[C@H](N)[C@H]3O)C2O)[C@H](O)[C@@H](O)[C@@H]1O. The summed E-state index contributed by atoms with van der Waals surface area (Å²) in [5.41, 5.74) is 23.5. The van der Waals surface area contributed by atoms with Crippen molar-refractivity contribution in [2.24, 2.45) is 22.9 Å².